The zero-order chi connectivity index (χ0) is 14.6. The first kappa shape index (κ1) is 15.8. The van der Waals surface area contributed by atoms with Crippen LogP contribution in [0.5, 0.6) is 0 Å². The average molecular weight is 305 g/mol. The molecule has 1 aromatic heterocycles. The third-order valence-corrected chi connectivity index (χ3v) is 4.08. The van der Waals surface area contributed by atoms with Crippen LogP contribution in [-0.4, -0.2) is 35.1 Å². The van der Waals surface area contributed by atoms with Crippen molar-refractivity contribution < 1.29 is 14.7 Å². The van der Waals surface area contributed by atoms with Crippen LogP contribution in [0.25, 0.3) is 0 Å². The van der Waals surface area contributed by atoms with Gasteiger partial charge in [-0.15, -0.1) is 11.3 Å². The Morgan fingerprint density at radius 2 is 2.11 bits per heavy atom. The summed E-state index contributed by atoms with van der Waals surface area (Å²) in [5.41, 5.74) is 0. The molecule has 19 heavy (non-hydrogen) atoms. The van der Waals surface area contributed by atoms with Crippen LogP contribution >= 0.6 is 22.9 Å². The standard InChI is InChI=1S/C12H17ClN2O3S/c1-7(11(16)17)8(2)14-12(18)15(3)6-9-4-5-10(13)19-9/h4-5,7-8H,6H2,1-3H3,(H,14,18)(H,16,17). The fraction of sp³-hybridized carbons (Fsp3) is 0.500. The van der Waals surface area contributed by atoms with E-state index in [0.717, 1.165) is 4.88 Å². The van der Waals surface area contributed by atoms with E-state index in [1.54, 1.807) is 27.0 Å². The molecule has 2 atom stereocenters. The number of carboxylic acids is 1. The fourth-order valence-electron chi connectivity index (χ4n) is 1.39. The van der Waals surface area contributed by atoms with Crippen molar-refractivity contribution >= 4 is 34.9 Å². The quantitative estimate of drug-likeness (QED) is 0.878. The Labute approximate surface area is 121 Å². The first-order chi connectivity index (χ1) is 8.81. The van der Waals surface area contributed by atoms with Crippen molar-refractivity contribution in [1.82, 2.24) is 10.2 Å². The van der Waals surface area contributed by atoms with Crippen LogP contribution in [0.4, 0.5) is 4.79 Å². The van der Waals surface area contributed by atoms with E-state index >= 15 is 0 Å². The number of urea groups is 1. The Hall–Kier alpha value is -1.27. The summed E-state index contributed by atoms with van der Waals surface area (Å²) in [5, 5.41) is 11.5. The van der Waals surface area contributed by atoms with E-state index in [0.29, 0.717) is 10.9 Å². The highest BCUT2D eigenvalue weighted by Crippen LogP contribution is 2.22. The van der Waals surface area contributed by atoms with Gasteiger partial charge in [0, 0.05) is 18.0 Å². The predicted molar refractivity (Wildman–Crippen MR) is 75.6 cm³/mol. The molecular formula is C12H17ClN2O3S. The van der Waals surface area contributed by atoms with Gasteiger partial charge in [-0.2, -0.15) is 0 Å². The highest BCUT2D eigenvalue weighted by molar-refractivity contribution is 7.16. The number of aliphatic carboxylic acids is 1. The van der Waals surface area contributed by atoms with Crippen molar-refractivity contribution in [3.05, 3.63) is 21.3 Å². The van der Waals surface area contributed by atoms with Crippen LogP contribution in [0.1, 0.15) is 18.7 Å². The molecule has 2 unspecified atom stereocenters. The predicted octanol–water partition coefficient (Wildman–Crippen LogP) is 2.65. The van der Waals surface area contributed by atoms with Gasteiger partial charge in [0.25, 0.3) is 0 Å². The molecule has 0 aliphatic rings. The number of carbonyl (C=O) groups is 2. The average Bonchev–Trinajstić information content (AvgIpc) is 2.73. The molecule has 1 aromatic rings. The van der Waals surface area contributed by atoms with Gasteiger partial charge >= 0.3 is 12.0 Å². The molecule has 0 aliphatic carbocycles. The van der Waals surface area contributed by atoms with Gasteiger partial charge in [-0.1, -0.05) is 11.6 Å². The molecule has 0 aliphatic heterocycles. The van der Waals surface area contributed by atoms with Crippen molar-refractivity contribution in [3.8, 4) is 0 Å². The van der Waals surface area contributed by atoms with Gasteiger partial charge in [-0.05, 0) is 26.0 Å². The molecular weight excluding hydrogens is 288 g/mol. The summed E-state index contributed by atoms with van der Waals surface area (Å²) in [6, 6.07) is 2.91. The topological polar surface area (TPSA) is 69.6 Å². The van der Waals surface area contributed by atoms with E-state index in [9.17, 15) is 9.59 Å². The van der Waals surface area contributed by atoms with Gasteiger partial charge in [-0.25, -0.2) is 4.79 Å². The molecule has 1 rings (SSSR count). The summed E-state index contributed by atoms with van der Waals surface area (Å²) < 4.78 is 0.677. The van der Waals surface area contributed by atoms with Crippen molar-refractivity contribution in [2.24, 2.45) is 5.92 Å². The number of hydrogen-bond acceptors (Lipinski definition) is 3. The number of nitrogens with zero attached hydrogens (tertiary/aromatic N) is 1. The first-order valence-electron chi connectivity index (χ1n) is 5.80. The van der Waals surface area contributed by atoms with Crippen LogP contribution in [-0.2, 0) is 11.3 Å². The zero-order valence-electron chi connectivity index (χ0n) is 11.0. The Morgan fingerprint density at radius 1 is 1.47 bits per heavy atom. The Morgan fingerprint density at radius 3 is 2.58 bits per heavy atom. The highest BCUT2D eigenvalue weighted by Gasteiger charge is 2.22. The third kappa shape index (κ3) is 4.72. The van der Waals surface area contributed by atoms with Gasteiger partial charge in [0.15, 0.2) is 0 Å². The molecule has 0 bridgehead atoms. The lowest BCUT2D eigenvalue weighted by Gasteiger charge is -2.22. The maximum Gasteiger partial charge on any atom is 0.317 e. The Balaban J connectivity index is 2.51. The molecule has 0 spiro atoms. The number of rotatable bonds is 5. The second-order valence-electron chi connectivity index (χ2n) is 4.43. The van der Waals surface area contributed by atoms with E-state index in [2.05, 4.69) is 5.32 Å². The summed E-state index contributed by atoms with van der Waals surface area (Å²) in [6.07, 6.45) is 0. The van der Waals surface area contributed by atoms with Gasteiger partial charge < -0.3 is 15.3 Å². The van der Waals surface area contributed by atoms with E-state index < -0.39 is 17.9 Å². The summed E-state index contributed by atoms with van der Waals surface area (Å²) in [5.74, 6) is -1.56. The van der Waals surface area contributed by atoms with Crippen LogP contribution in [0, 0.1) is 5.92 Å². The van der Waals surface area contributed by atoms with Crippen LogP contribution < -0.4 is 5.32 Å². The molecule has 2 N–H and O–H groups in total. The van der Waals surface area contributed by atoms with Crippen molar-refractivity contribution in [2.75, 3.05) is 7.05 Å². The maximum absolute atomic E-state index is 11.9. The monoisotopic (exact) mass is 304 g/mol. The summed E-state index contributed by atoms with van der Waals surface area (Å²) in [6.45, 7) is 3.68. The number of carboxylic acid groups (broad SMARTS) is 1. The molecule has 7 heteroatoms. The smallest absolute Gasteiger partial charge is 0.317 e. The summed E-state index contributed by atoms with van der Waals surface area (Å²) in [4.78, 5) is 25.2. The van der Waals surface area contributed by atoms with Gasteiger partial charge in [0.2, 0.25) is 0 Å². The number of halogens is 1. The number of nitrogens with one attached hydrogen (secondary N) is 1. The normalized spacial score (nSPS) is 13.7. The van der Waals surface area contributed by atoms with Crippen LogP contribution in [0.2, 0.25) is 4.34 Å². The van der Waals surface area contributed by atoms with Gasteiger partial charge in [0.1, 0.15) is 0 Å². The second kappa shape index (κ2) is 6.77. The summed E-state index contributed by atoms with van der Waals surface area (Å²) >= 11 is 7.23. The molecule has 5 nitrogen and oxygen atoms in total. The largest absolute Gasteiger partial charge is 0.481 e. The molecule has 0 radical (unpaired) electrons. The summed E-state index contributed by atoms with van der Waals surface area (Å²) in [7, 11) is 1.65. The number of hydrogen-bond donors (Lipinski definition) is 2. The Bertz CT molecular complexity index is 464. The number of carbonyl (C=O) groups excluding carboxylic acids is 1. The van der Waals surface area contributed by atoms with E-state index in [-0.39, 0.29) is 6.03 Å². The maximum atomic E-state index is 11.9. The first-order valence-corrected chi connectivity index (χ1v) is 6.99. The zero-order valence-corrected chi connectivity index (χ0v) is 12.6. The lowest BCUT2D eigenvalue weighted by atomic mass is 10.0. The van der Waals surface area contributed by atoms with Crippen molar-refractivity contribution in [1.29, 1.82) is 0 Å². The van der Waals surface area contributed by atoms with E-state index in [1.807, 2.05) is 6.07 Å². The van der Waals surface area contributed by atoms with Crippen molar-refractivity contribution in [2.45, 2.75) is 26.4 Å². The van der Waals surface area contributed by atoms with Crippen molar-refractivity contribution in [3.63, 3.8) is 0 Å². The minimum Gasteiger partial charge on any atom is -0.481 e. The molecule has 0 saturated heterocycles. The third-order valence-electron chi connectivity index (χ3n) is 2.86. The lowest BCUT2D eigenvalue weighted by Crippen LogP contribution is -2.45. The lowest BCUT2D eigenvalue weighted by molar-refractivity contribution is -0.141. The number of amides is 2. The molecule has 0 saturated carbocycles. The fourth-order valence-corrected chi connectivity index (χ4v) is 2.53. The molecule has 2 amide bonds. The Kier molecular flexibility index (Phi) is 5.62. The van der Waals surface area contributed by atoms with Gasteiger partial charge in [-0.3, -0.25) is 4.79 Å². The molecule has 0 aromatic carbocycles. The number of thiophene rings is 1. The van der Waals surface area contributed by atoms with E-state index in [1.165, 1.54) is 16.2 Å². The van der Waals surface area contributed by atoms with Crippen LogP contribution in [0.15, 0.2) is 12.1 Å². The second-order valence-corrected chi connectivity index (χ2v) is 6.23. The minimum atomic E-state index is -0.930. The molecule has 1 heterocycles. The van der Waals surface area contributed by atoms with Gasteiger partial charge in [0.05, 0.1) is 16.8 Å². The van der Waals surface area contributed by atoms with Crippen LogP contribution in [0.3, 0.4) is 0 Å². The molecule has 0 fully saturated rings. The highest BCUT2D eigenvalue weighted by atomic mass is 35.5. The SMILES string of the molecule is CC(NC(=O)N(C)Cc1ccc(Cl)s1)C(C)C(=O)O. The minimum absolute atomic E-state index is 0.301. The molecule has 106 valence electrons. The van der Waals surface area contributed by atoms with E-state index in [4.69, 9.17) is 16.7 Å².